The molecule has 1 unspecified atom stereocenters. The van der Waals surface area contributed by atoms with E-state index in [1.165, 1.54) is 0 Å². The predicted molar refractivity (Wildman–Crippen MR) is 70.4 cm³/mol. The van der Waals surface area contributed by atoms with Crippen LogP contribution < -0.4 is 11.1 Å². The van der Waals surface area contributed by atoms with Crippen molar-refractivity contribution in [1.82, 2.24) is 5.32 Å². The van der Waals surface area contributed by atoms with Crippen molar-refractivity contribution in [3.63, 3.8) is 0 Å². The first-order valence-corrected chi connectivity index (χ1v) is 6.07. The van der Waals surface area contributed by atoms with Crippen molar-refractivity contribution in [1.29, 1.82) is 0 Å². The lowest BCUT2D eigenvalue weighted by Crippen LogP contribution is -2.49. The van der Waals surface area contributed by atoms with Crippen LogP contribution in [0.15, 0.2) is 30.3 Å². The molecule has 1 aromatic rings. The summed E-state index contributed by atoms with van der Waals surface area (Å²) in [7, 11) is 0. The van der Waals surface area contributed by atoms with Gasteiger partial charge < -0.3 is 11.1 Å². The summed E-state index contributed by atoms with van der Waals surface area (Å²) in [4.78, 5) is 12.0. The van der Waals surface area contributed by atoms with E-state index in [0.717, 1.165) is 12.0 Å². The summed E-state index contributed by atoms with van der Waals surface area (Å²) in [6.45, 7) is 6.68. The van der Waals surface area contributed by atoms with Crippen LogP contribution in [-0.2, 0) is 10.3 Å². The zero-order valence-corrected chi connectivity index (χ0v) is 10.9. The van der Waals surface area contributed by atoms with Gasteiger partial charge in [0.05, 0.1) is 0 Å². The molecule has 1 amide bonds. The highest BCUT2D eigenvalue weighted by atomic mass is 16.2. The molecular weight excluding hydrogens is 212 g/mol. The summed E-state index contributed by atoms with van der Waals surface area (Å²) in [6, 6.07) is 9.45. The molecule has 0 fully saturated rings. The van der Waals surface area contributed by atoms with Gasteiger partial charge >= 0.3 is 0 Å². The van der Waals surface area contributed by atoms with Gasteiger partial charge in [-0.1, -0.05) is 44.2 Å². The maximum atomic E-state index is 12.0. The summed E-state index contributed by atoms with van der Waals surface area (Å²) < 4.78 is 0. The number of carbonyl (C=O) groups excluding carboxylic acids is 1. The third-order valence-electron chi connectivity index (χ3n) is 2.85. The topological polar surface area (TPSA) is 55.1 Å². The van der Waals surface area contributed by atoms with Crippen LogP contribution in [0.5, 0.6) is 0 Å². The molecular formula is C14H22N2O. The first kappa shape index (κ1) is 13.7. The van der Waals surface area contributed by atoms with Gasteiger partial charge in [-0.05, 0) is 24.8 Å². The highest BCUT2D eigenvalue weighted by Crippen LogP contribution is 2.17. The summed E-state index contributed by atoms with van der Waals surface area (Å²) in [5.74, 6) is 0.459. The van der Waals surface area contributed by atoms with Crippen LogP contribution in [0.1, 0.15) is 32.8 Å². The van der Waals surface area contributed by atoms with Crippen LogP contribution in [0.2, 0.25) is 0 Å². The van der Waals surface area contributed by atoms with E-state index in [9.17, 15) is 4.79 Å². The second-order valence-electron chi connectivity index (χ2n) is 5.01. The number of carbonyl (C=O) groups is 1. The van der Waals surface area contributed by atoms with Crippen molar-refractivity contribution in [2.24, 2.45) is 11.7 Å². The van der Waals surface area contributed by atoms with Crippen LogP contribution in [-0.4, -0.2) is 12.5 Å². The first-order chi connectivity index (χ1) is 7.94. The van der Waals surface area contributed by atoms with E-state index < -0.39 is 5.54 Å². The monoisotopic (exact) mass is 234 g/mol. The first-order valence-electron chi connectivity index (χ1n) is 6.07. The molecule has 0 heterocycles. The van der Waals surface area contributed by atoms with Crippen LogP contribution in [0.25, 0.3) is 0 Å². The molecule has 3 nitrogen and oxygen atoms in total. The normalized spacial score (nSPS) is 14.4. The number of benzene rings is 1. The molecule has 1 aromatic carbocycles. The Kier molecular flexibility index (Phi) is 4.70. The molecule has 94 valence electrons. The predicted octanol–water partition coefficient (Wildman–Crippen LogP) is 2.02. The third-order valence-corrected chi connectivity index (χ3v) is 2.85. The molecule has 0 saturated heterocycles. The number of nitrogens with two attached hydrogens (primary N) is 1. The fourth-order valence-corrected chi connectivity index (χ4v) is 1.57. The summed E-state index contributed by atoms with van der Waals surface area (Å²) >= 11 is 0. The minimum atomic E-state index is -0.960. The van der Waals surface area contributed by atoms with Crippen LogP contribution in [0, 0.1) is 5.92 Å². The van der Waals surface area contributed by atoms with E-state index >= 15 is 0 Å². The van der Waals surface area contributed by atoms with Gasteiger partial charge in [0.15, 0.2) is 0 Å². The molecule has 1 atom stereocenters. The Morgan fingerprint density at radius 1 is 1.35 bits per heavy atom. The van der Waals surface area contributed by atoms with E-state index in [-0.39, 0.29) is 5.91 Å². The standard InChI is InChI=1S/C14H22N2O/c1-11(2)9-10-16-13(17)14(3,15)12-7-5-4-6-8-12/h4-8,11H,9-10,15H2,1-3H3,(H,16,17). The number of hydrogen-bond donors (Lipinski definition) is 2. The minimum Gasteiger partial charge on any atom is -0.354 e. The molecule has 17 heavy (non-hydrogen) atoms. The van der Waals surface area contributed by atoms with Gasteiger partial charge in [0, 0.05) is 6.54 Å². The van der Waals surface area contributed by atoms with Gasteiger partial charge in [-0.15, -0.1) is 0 Å². The molecule has 0 aliphatic rings. The number of amides is 1. The summed E-state index contributed by atoms with van der Waals surface area (Å²) in [5, 5.41) is 2.89. The minimum absolute atomic E-state index is 0.121. The molecule has 0 radical (unpaired) electrons. The molecule has 1 rings (SSSR count). The highest BCUT2D eigenvalue weighted by molar-refractivity contribution is 5.86. The molecule has 0 spiro atoms. The Morgan fingerprint density at radius 3 is 2.47 bits per heavy atom. The Labute approximate surface area is 103 Å². The Morgan fingerprint density at radius 2 is 1.94 bits per heavy atom. The van der Waals surface area contributed by atoms with E-state index in [2.05, 4.69) is 19.2 Å². The highest BCUT2D eigenvalue weighted by Gasteiger charge is 2.29. The zero-order chi connectivity index (χ0) is 12.9. The quantitative estimate of drug-likeness (QED) is 0.819. The van der Waals surface area contributed by atoms with Gasteiger partial charge in [-0.3, -0.25) is 4.79 Å². The number of nitrogens with one attached hydrogen (secondary N) is 1. The van der Waals surface area contributed by atoms with Gasteiger partial charge in [0.25, 0.3) is 0 Å². The molecule has 0 aromatic heterocycles. The van der Waals surface area contributed by atoms with Crippen molar-refractivity contribution in [3.05, 3.63) is 35.9 Å². The van der Waals surface area contributed by atoms with E-state index in [4.69, 9.17) is 5.73 Å². The molecule has 0 saturated carbocycles. The van der Waals surface area contributed by atoms with Crippen molar-refractivity contribution >= 4 is 5.91 Å². The van der Waals surface area contributed by atoms with Crippen LogP contribution >= 0.6 is 0 Å². The molecule has 0 aliphatic carbocycles. The van der Waals surface area contributed by atoms with Crippen molar-refractivity contribution in [2.45, 2.75) is 32.7 Å². The largest absolute Gasteiger partial charge is 0.354 e. The Hall–Kier alpha value is -1.35. The average Bonchev–Trinajstić information content (AvgIpc) is 2.29. The average molecular weight is 234 g/mol. The molecule has 3 heteroatoms. The Balaban J connectivity index is 2.61. The van der Waals surface area contributed by atoms with Gasteiger partial charge in [0.2, 0.25) is 5.91 Å². The smallest absolute Gasteiger partial charge is 0.244 e. The van der Waals surface area contributed by atoms with Gasteiger partial charge in [-0.25, -0.2) is 0 Å². The third kappa shape index (κ3) is 3.86. The molecule has 3 N–H and O–H groups in total. The van der Waals surface area contributed by atoms with Gasteiger partial charge in [-0.2, -0.15) is 0 Å². The summed E-state index contributed by atoms with van der Waals surface area (Å²) in [5.41, 5.74) is 5.96. The fraction of sp³-hybridized carbons (Fsp3) is 0.500. The SMILES string of the molecule is CC(C)CCNC(=O)C(C)(N)c1ccccc1. The van der Waals surface area contributed by atoms with E-state index in [0.29, 0.717) is 12.5 Å². The lowest BCUT2D eigenvalue weighted by atomic mass is 9.92. The summed E-state index contributed by atoms with van der Waals surface area (Å²) in [6.07, 6.45) is 0.969. The second kappa shape index (κ2) is 5.82. The van der Waals surface area contributed by atoms with Crippen molar-refractivity contribution < 1.29 is 4.79 Å². The van der Waals surface area contributed by atoms with Crippen molar-refractivity contribution in [3.8, 4) is 0 Å². The van der Waals surface area contributed by atoms with Crippen molar-refractivity contribution in [2.75, 3.05) is 6.54 Å². The maximum absolute atomic E-state index is 12.0. The van der Waals surface area contributed by atoms with Gasteiger partial charge in [0.1, 0.15) is 5.54 Å². The second-order valence-corrected chi connectivity index (χ2v) is 5.01. The number of hydrogen-bond acceptors (Lipinski definition) is 2. The fourth-order valence-electron chi connectivity index (χ4n) is 1.57. The Bertz CT molecular complexity index is 358. The van der Waals surface area contributed by atoms with Crippen LogP contribution in [0.3, 0.4) is 0 Å². The number of rotatable bonds is 5. The molecule has 0 bridgehead atoms. The molecule has 0 aliphatic heterocycles. The zero-order valence-electron chi connectivity index (χ0n) is 10.9. The van der Waals surface area contributed by atoms with E-state index in [1.807, 2.05) is 30.3 Å². The lowest BCUT2D eigenvalue weighted by Gasteiger charge is -2.24. The van der Waals surface area contributed by atoms with E-state index in [1.54, 1.807) is 6.92 Å². The lowest BCUT2D eigenvalue weighted by molar-refractivity contribution is -0.126. The maximum Gasteiger partial charge on any atom is 0.244 e. The van der Waals surface area contributed by atoms with Crippen LogP contribution in [0.4, 0.5) is 0 Å².